The maximum absolute atomic E-state index is 11.9. The van der Waals surface area contributed by atoms with Gasteiger partial charge in [-0.2, -0.15) is 4.98 Å². The van der Waals surface area contributed by atoms with Crippen LogP contribution in [0, 0.1) is 5.92 Å². The summed E-state index contributed by atoms with van der Waals surface area (Å²) in [5.41, 5.74) is -0.453. The molecule has 2 aromatic rings. The Morgan fingerprint density at radius 1 is 1.48 bits per heavy atom. The predicted octanol–water partition coefficient (Wildman–Crippen LogP) is 3.13. The fraction of sp³-hybridized carbons (Fsp3) is 0.562. The molecule has 0 N–H and O–H groups in total. The molecule has 1 fully saturated rings. The van der Waals surface area contributed by atoms with Gasteiger partial charge in [0.25, 0.3) is 0 Å². The van der Waals surface area contributed by atoms with E-state index in [9.17, 15) is 4.79 Å². The highest BCUT2D eigenvalue weighted by atomic mass is 32.1. The molecule has 124 valence electrons. The van der Waals surface area contributed by atoms with Crippen LogP contribution in [0.15, 0.2) is 22.0 Å². The lowest BCUT2D eigenvalue weighted by Crippen LogP contribution is -2.52. The van der Waals surface area contributed by atoms with E-state index in [4.69, 9.17) is 9.26 Å². The van der Waals surface area contributed by atoms with E-state index in [0.29, 0.717) is 43.6 Å². The molecule has 7 heteroatoms. The van der Waals surface area contributed by atoms with E-state index in [1.807, 2.05) is 32.2 Å². The largest absolute Gasteiger partial charge is 0.444 e. The molecule has 0 spiro atoms. The van der Waals surface area contributed by atoms with Crippen molar-refractivity contribution >= 4 is 17.4 Å². The second-order valence-corrected chi connectivity index (χ2v) is 7.85. The van der Waals surface area contributed by atoms with E-state index in [2.05, 4.69) is 16.2 Å². The Hall–Kier alpha value is -1.89. The third-order valence-corrected chi connectivity index (χ3v) is 4.37. The molecule has 1 aliphatic heterocycles. The normalized spacial score (nSPS) is 15.5. The number of carbonyl (C=O) groups is 1. The number of aromatic nitrogens is 2. The first-order chi connectivity index (χ1) is 10.9. The summed E-state index contributed by atoms with van der Waals surface area (Å²) in [6, 6.07) is 4.08. The summed E-state index contributed by atoms with van der Waals surface area (Å²) >= 11 is 1.68. The number of amides is 1. The Labute approximate surface area is 139 Å². The topological polar surface area (TPSA) is 68.5 Å². The van der Waals surface area contributed by atoms with E-state index in [1.165, 1.54) is 4.88 Å². The monoisotopic (exact) mass is 335 g/mol. The highest BCUT2D eigenvalue weighted by molar-refractivity contribution is 7.09. The Morgan fingerprint density at radius 3 is 2.91 bits per heavy atom. The van der Waals surface area contributed by atoms with Gasteiger partial charge >= 0.3 is 6.09 Å². The van der Waals surface area contributed by atoms with Gasteiger partial charge in [-0.3, -0.25) is 0 Å². The lowest BCUT2D eigenvalue weighted by Gasteiger charge is -2.39. The van der Waals surface area contributed by atoms with Crippen LogP contribution in [-0.4, -0.2) is 39.8 Å². The molecule has 0 radical (unpaired) electrons. The Morgan fingerprint density at radius 2 is 2.26 bits per heavy atom. The summed E-state index contributed by atoms with van der Waals surface area (Å²) in [7, 11) is 0. The van der Waals surface area contributed by atoms with Crippen molar-refractivity contribution in [3.05, 3.63) is 34.1 Å². The zero-order valence-corrected chi connectivity index (χ0v) is 14.4. The molecule has 2 aromatic heterocycles. The summed E-state index contributed by atoms with van der Waals surface area (Å²) in [5, 5.41) is 6.06. The van der Waals surface area contributed by atoms with Crippen molar-refractivity contribution in [3.63, 3.8) is 0 Å². The fourth-order valence-electron chi connectivity index (χ4n) is 2.44. The molecule has 1 amide bonds. The highest BCUT2D eigenvalue weighted by Crippen LogP contribution is 2.22. The Balaban J connectivity index is 1.45. The van der Waals surface area contributed by atoms with Gasteiger partial charge in [0.15, 0.2) is 5.82 Å². The zero-order chi connectivity index (χ0) is 16.4. The molecular weight excluding hydrogens is 314 g/mol. The number of ether oxygens (including phenoxy) is 1. The van der Waals surface area contributed by atoms with Crippen LogP contribution in [0.4, 0.5) is 4.79 Å². The molecule has 6 nitrogen and oxygen atoms in total. The molecule has 1 aliphatic rings. The maximum Gasteiger partial charge on any atom is 0.410 e. The van der Waals surface area contributed by atoms with Crippen molar-refractivity contribution in [2.45, 2.75) is 39.2 Å². The first-order valence-electron chi connectivity index (χ1n) is 7.71. The van der Waals surface area contributed by atoms with Gasteiger partial charge in [0, 0.05) is 36.7 Å². The van der Waals surface area contributed by atoms with Crippen LogP contribution >= 0.6 is 11.3 Å². The summed E-state index contributed by atoms with van der Waals surface area (Å²) in [6.45, 7) is 6.97. The molecule has 0 atom stereocenters. The second kappa shape index (κ2) is 6.31. The number of hydrogen-bond acceptors (Lipinski definition) is 6. The minimum atomic E-state index is -0.453. The second-order valence-electron chi connectivity index (χ2n) is 6.82. The van der Waals surface area contributed by atoms with Crippen LogP contribution in [0.1, 0.15) is 37.4 Å². The summed E-state index contributed by atoms with van der Waals surface area (Å²) in [4.78, 5) is 19.2. The third-order valence-electron chi connectivity index (χ3n) is 3.49. The number of rotatable bonds is 4. The van der Waals surface area contributed by atoms with Crippen molar-refractivity contribution in [2.24, 2.45) is 5.92 Å². The van der Waals surface area contributed by atoms with E-state index < -0.39 is 5.60 Å². The van der Waals surface area contributed by atoms with Gasteiger partial charge < -0.3 is 14.2 Å². The molecule has 0 bridgehead atoms. The van der Waals surface area contributed by atoms with E-state index in [1.54, 1.807) is 16.2 Å². The summed E-state index contributed by atoms with van der Waals surface area (Å²) in [6.07, 6.45) is 1.16. The molecule has 1 saturated heterocycles. The smallest absolute Gasteiger partial charge is 0.410 e. The zero-order valence-electron chi connectivity index (χ0n) is 13.6. The first-order valence-corrected chi connectivity index (χ1v) is 8.59. The minimum Gasteiger partial charge on any atom is -0.444 e. The van der Waals surface area contributed by atoms with Crippen LogP contribution in [-0.2, 0) is 17.6 Å². The van der Waals surface area contributed by atoms with Crippen molar-refractivity contribution in [2.75, 3.05) is 13.1 Å². The molecule has 0 saturated carbocycles. The van der Waals surface area contributed by atoms with E-state index >= 15 is 0 Å². The molecule has 0 unspecified atom stereocenters. The summed E-state index contributed by atoms with van der Waals surface area (Å²) in [5.74, 6) is 1.72. The van der Waals surface area contributed by atoms with Crippen LogP contribution < -0.4 is 0 Å². The SMILES string of the molecule is CC(C)(C)OC(=O)N1CC(Cc2nc(Cc3cccs3)no2)C1. The number of nitrogens with zero attached hydrogens (tertiary/aromatic N) is 3. The quantitative estimate of drug-likeness (QED) is 0.858. The van der Waals surface area contributed by atoms with Gasteiger partial charge in [0.2, 0.25) is 5.89 Å². The number of thiophene rings is 1. The third kappa shape index (κ3) is 4.31. The van der Waals surface area contributed by atoms with E-state index in [-0.39, 0.29) is 6.09 Å². The standard InChI is InChI=1S/C16H21N3O3S/c1-16(2,3)21-15(20)19-9-11(10-19)7-14-17-13(18-22-14)8-12-5-4-6-23-12/h4-6,11H,7-10H2,1-3H3. The van der Waals surface area contributed by atoms with Gasteiger partial charge in [-0.15, -0.1) is 11.3 Å². The lowest BCUT2D eigenvalue weighted by atomic mass is 9.97. The van der Waals surface area contributed by atoms with Crippen molar-refractivity contribution < 1.29 is 14.1 Å². The number of hydrogen-bond donors (Lipinski definition) is 0. The van der Waals surface area contributed by atoms with Gasteiger partial charge in [-0.05, 0) is 32.2 Å². The fourth-order valence-corrected chi connectivity index (χ4v) is 3.14. The van der Waals surface area contributed by atoms with Crippen molar-refractivity contribution in [3.8, 4) is 0 Å². The highest BCUT2D eigenvalue weighted by Gasteiger charge is 2.34. The van der Waals surface area contributed by atoms with Gasteiger partial charge in [-0.1, -0.05) is 11.2 Å². The average molecular weight is 335 g/mol. The van der Waals surface area contributed by atoms with Crippen molar-refractivity contribution in [1.29, 1.82) is 0 Å². The lowest BCUT2D eigenvalue weighted by molar-refractivity contribution is -0.00186. The van der Waals surface area contributed by atoms with Gasteiger partial charge in [0.05, 0.1) is 0 Å². The minimum absolute atomic E-state index is 0.252. The number of carbonyl (C=O) groups excluding carboxylic acids is 1. The molecule has 23 heavy (non-hydrogen) atoms. The molecular formula is C16H21N3O3S. The van der Waals surface area contributed by atoms with Gasteiger partial charge in [-0.25, -0.2) is 4.79 Å². The predicted molar refractivity (Wildman–Crippen MR) is 86.4 cm³/mol. The Kier molecular flexibility index (Phi) is 4.39. The average Bonchev–Trinajstić information content (AvgIpc) is 3.03. The molecule has 0 aromatic carbocycles. The Bertz CT molecular complexity index is 654. The maximum atomic E-state index is 11.9. The van der Waals surface area contributed by atoms with Crippen LogP contribution in [0.3, 0.4) is 0 Å². The molecule has 3 heterocycles. The van der Waals surface area contributed by atoms with E-state index in [0.717, 1.165) is 0 Å². The van der Waals surface area contributed by atoms with Crippen LogP contribution in [0.25, 0.3) is 0 Å². The van der Waals surface area contributed by atoms with Crippen molar-refractivity contribution in [1.82, 2.24) is 15.0 Å². The summed E-state index contributed by atoms with van der Waals surface area (Å²) < 4.78 is 10.6. The van der Waals surface area contributed by atoms with Gasteiger partial charge in [0.1, 0.15) is 5.60 Å². The first kappa shape index (κ1) is 16.0. The molecule has 3 rings (SSSR count). The molecule has 0 aliphatic carbocycles. The van der Waals surface area contributed by atoms with Crippen LogP contribution in [0.5, 0.6) is 0 Å². The van der Waals surface area contributed by atoms with Crippen LogP contribution in [0.2, 0.25) is 0 Å². The number of likely N-dealkylation sites (tertiary alicyclic amines) is 1.